The molecule has 232 valence electrons. The van der Waals surface area contributed by atoms with E-state index in [4.69, 9.17) is 0 Å². The molecule has 6 nitrogen and oxygen atoms in total. The van der Waals surface area contributed by atoms with Crippen LogP contribution in [0.25, 0.3) is 33.8 Å². The van der Waals surface area contributed by atoms with Gasteiger partial charge in [-0.25, -0.2) is 0 Å². The summed E-state index contributed by atoms with van der Waals surface area (Å²) in [6, 6.07) is 15.9. The second kappa shape index (κ2) is 14.2. The van der Waals surface area contributed by atoms with Crippen molar-refractivity contribution in [1.82, 2.24) is 30.1 Å². The summed E-state index contributed by atoms with van der Waals surface area (Å²) in [5, 5.41) is 6.91. The maximum atomic E-state index is 12.8. The molecular formula is C31H26F6N6Pt. The van der Waals surface area contributed by atoms with E-state index in [-0.39, 0.29) is 26.8 Å². The van der Waals surface area contributed by atoms with Crippen molar-refractivity contribution in [1.29, 1.82) is 0 Å². The van der Waals surface area contributed by atoms with Gasteiger partial charge in [0.2, 0.25) is 0 Å². The molecule has 0 radical (unpaired) electrons. The molecule has 0 spiro atoms. The molecule has 0 fully saturated rings. The molecule has 5 aromatic rings. The molecule has 0 aliphatic rings. The fourth-order valence-corrected chi connectivity index (χ4v) is 4.25. The second-order valence-electron chi connectivity index (χ2n) is 10.1. The summed E-state index contributed by atoms with van der Waals surface area (Å²) in [4.78, 5) is 14.5. The fraction of sp³-hybridized carbons (Fsp3) is 0.258. The number of nitrogens with zero attached hydrogens (tertiary/aromatic N) is 6. The van der Waals surface area contributed by atoms with Crippen molar-refractivity contribution >= 4 is 0 Å². The van der Waals surface area contributed by atoms with Gasteiger partial charge in [-0.1, -0.05) is 75.5 Å². The molecule has 4 aromatic heterocycles. The average Bonchev–Trinajstić information content (AvgIpc) is 3.49. The van der Waals surface area contributed by atoms with Crippen LogP contribution in [0.2, 0.25) is 0 Å². The molecule has 0 bridgehead atoms. The van der Waals surface area contributed by atoms with E-state index in [2.05, 4.69) is 82.2 Å². The van der Waals surface area contributed by atoms with Crippen molar-refractivity contribution in [3.8, 4) is 33.8 Å². The van der Waals surface area contributed by atoms with E-state index < -0.39 is 23.9 Å². The first-order valence-corrected chi connectivity index (χ1v) is 13.2. The van der Waals surface area contributed by atoms with Crippen LogP contribution in [0.1, 0.15) is 62.2 Å². The molecule has 0 amide bonds. The zero-order valence-corrected chi connectivity index (χ0v) is 26.1. The van der Waals surface area contributed by atoms with E-state index in [1.807, 2.05) is 6.07 Å². The van der Waals surface area contributed by atoms with Crippen LogP contribution in [-0.4, -0.2) is 25.0 Å². The van der Waals surface area contributed by atoms with Gasteiger partial charge in [0.25, 0.3) is 0 Å². The first-order chi connectivity index (χ1) is 20.3. The summed E-state index contributed by atoms with van der Waals surface area (Å²) in [5.41, 5.74) is 4.73. The molecule has 5 rings (SSSR count). The SMILES string of the molecule is CC(C)c1cccc(C(C)C)c1-c1ccnc(-c2cc(C(F)(F)F)n[n-]2)c1.FC(F)(F)c1n[c-]c(-c2ccccn2)cn1.[Pt+2]. The molecule has 4 heterocycles. The summed E-state index contributed by atoms with van der Waals surface area (Å²) >= 11 is 0. The van der Waals surface area contributed by atoms with Gasteiger partial charge in [0.15, 0.2) is 0 Å². The summed E-state index contributed by atoms with van der Waals surface area (Å²) in [5.74, 6) is -0.580. The molecule has 1 aromatic carbocycles. The molecule has 0 N–H and O–H groups in total. The maximum Gasteiger partial charge on any atom is 2.00 e. The summed E-state index contributed by atoms with van der Waals surface area (Å²) in [6.07, 6.45) is -2.61. The van der Waals surface area contributed by atoms with Gasteiger partial charge in [0, 0.05) is 18.1 Å². The molecule has 0 saturated carbocycles. The van der Waals surface area contributed by atoms with Crippen LogP contribution in [0.4, 0.5) is 26.3 Å². The Labute approximate surface area is 264 Å². The number of alkyl halides is 6. The molecule has 13 heteroatoms. The zero-order valence-electron chi connectivity index (χ0n) is 23.9. The topological polar surface area (TPSA) is 78.5 Å². The van der Waals surface area contributed by atoms with Crippen molar-refractivity contribution in [2.75, 3.05) is 0 Å². The van der Waals surface area contributed by atoms with Crippen molar-refractivity contribution in [3.63, 3.8) is 0 Å². The number of hydrogen-bond acceptors (Lipinski definition) is 5. The Hall–Kier alpha value is -3.92. The molecule has 0 saturated heterocycles. The third kappa shape index (κ3) is 8.37. The monoisotopic (exact) mass is 791 g/mol. The molecule has 44 heavy (non-hydrogen) atoms. The predicted octanol–water partition coefficient (Wildman–Crippen LogP) is 8.39. The van der Waals surface area contributed by atoms with Crippen LogP contribution >= 0.6 is 0 Å². The third-order valence-electron chi connectivity index (χ3n) is 6.31. The number of pyridine rings is 2. The predicted molar refractivity (Wildman–Crippen MR) is 149 cm³/mol. The summed E-state index contributed by atoms with van der Waals surface area (Å²) in [6.45, 7) is 8.51. The Balaban J connectivity index is 0.000000266. The first kappa shape index (κ1) is 34.6. The van der Waals surface area contributed by atoms with Gasteiger partial charge in [0.1, 0.15) is 11.5 Å². The Morgan fingerprint density at radius 1 is 0.727 bits per heavy atom. The fourth-order valence-electron chi connectivity index (χ4n) is 4.25. The summed E-state index contributed by atoms with van der Waals surface area (Å²) < 4.78 is 74.9. The van der Waals surface area contributed by atoms with Crippen molar-refractivity contribution in [2.24, 2.45) is 0 Å². The van der Waals surface area contributed by atoms with E-state index in [1.54, 1.807) is 30.5 Å². The normalized spacial score (nSPS) is 11.6. The standard InChI is InChI=1S/C21H21F3N3.C10H5F3N3.Pt/c1-12(2)15-6-5-7-16(13(3)4)20(15)14-8-9-25-17(10-14)18-11-19(27-26-18)21(22,23)24;11-10(12,13)9-15-5-7(6-16-9)8-3-1-2-4-14-8;/h5-13H,1-4H3;1-5H;/q2*-1;+2. The van der Waals surface area contributed by atoms with Crippen molar-refractivity contribution < 1.29 is 47.4 Å². The molecular weight excluding hydrogens is 765 g/mol. The van der Waals surface area contributed by atoms with Crippen LogP contribution in [-0.2, 0) is 33.4 Å². The Kier molecular flexibility index (Phi) is 11.2. The van der Waals surface area contributed by atoms with Crippen molar-refractivity contribution in [2.45, 2.75) is 51.9 Å². The minimum Gasteiger partial charge on any atom is -0.573 e. The molecule has 0 atom stereocenters. The van der Waals surface area contributed by atoms with Crippen LogP contribution in [0.3, 0.4) is 0 Å². The average molecular weight is 792 g/mol. The Morgan fingerprint density at radius 2 is 1.39 bits per heavy atom. The van der Waals surface area contributed by atoms with E-state index in [0.717, 1.165) is 23.4 Å². The van der Waals surface area contributed by atoms with Gasteiger partial charge in [-0.2, -0.15) is 26.3 Å². The zero-order chi connectivity index (χ0) is 31.4. The maximum absolute atomic E-state index is 12.8. The van der Waals surface area contributed by atoms with Gasteiger partial charge in [-0.05, 0) is 70.2 Å². The number of benzene rings is 1. The smallest absolute Gasteiger partial charge is 0.573 e. The number of rotatable bonds is 5. The van der Waals surface area contributed by atoms with E-state index in [9.17, 15) is 26.3 Å². The molecule has 0 aliphatic heterocycles. The minimum absolute atomic E-state index is 0. The van der Waals surface area contributed by atoms with Crippen LogP contribution in [0.15, 0.2) is 73.2 Å². The van der Waals surface area contributed by atoms with Gasteiger partial charge >= 0.3 is 33.4 Å². The second-order valence-corrected chi connectivity index (χ2v) is 10.1. The Morgan fingerprint density at radius 3 is 1.89 bits per heavy atom. The van der Waals surface area contributed by atoms with Crippen LogP contribution < -0.4 is 5.10 Å². The van der Waals surface area contributed by atoms with E-state index in [0.29, 0.717) is 28.8 Å². The Bertz CT molecular complexity index is 1620. The van der Waals surface area contributed by atoms with E-state index >= 15 is 0 Å². The summed E-state index contributed by atoms with van der Waals surface area (Å²) in [7, 11) is 0. The number of halogens is 6. The third-order valence-corrected chi connectivity index (χ3v) is 6.31. The molecule has 0 aliphatic carbocycles. The minimum atomic E-state index is -4.54. The first-order valence-electron chi connectivity index (χ1n) is 13.2. The van der Waals surface area contributed by atoms with Crippen molar-refractivity contribution in [3.05, 3.63) is 102 Å². The quantitative estimate of drug-likeness (QED) is 0.132. The molecule has 0 unspecified atom stereocenters. The van der Waals surface area contributed by atoms with Gasteiger partial charge in [-0.3, -0.25) is 4.98 Å². The van der Waals surface area contributed by atoms with E-state index in [1.165, 1.54) is 17.3 Å². The number of aromatic nitrogens is 6. The van der Waals surface area contributed by atoms with Gasteiger partial charge in [0.05, 0.1) is 0 Å². The van der Waals surface area contributed by atoms with Crippen LogP contribution in [0, 0.1) is 6.20 Å². The van der Waals surface area contributed by atoms with Gasteiger partial charge < -0.3 is 25.1 Å². The van der Waals surface area contributed by atoms with Crippen LogP contribution in [0.5, 0.6) is 0 Å². The van der Waals surface area contributed by atoms with Gasteiger partial charge in [-0.15, -0.1) is 0 Å². The largest absolute Gasteiger partial charge is 2.00 e. The number of hydrogen-bond donors (Lipinski definition) is 0.